The number of aromatic amines is 1. The monoisotopic (exact) mass is 337 g/mol. The van der Waals surface area contributed by atoms with Crippen molar-refractivity contribution in [2.24, 2.45) is 0 Å². The SMILES string of the molecule is O=C(NCCCc1ccccc1)c1c[nH]c(=S)n1-c1ccccc1. The van der Waals surface area contributed by atoms with Crippen molar-refractivity contribution in [1.82, 2.24) is 14.9 Å². The molecule has 5 heteroatoms. The van der Waals surface area contributed by atoms with E-state index < -0.39 is 0 Å². The summed E-state index contributed by atoms with van der Waals surface area (Å²) in [5, 5.41) is 2.97. The van der Waals surface area contributed by atoms with E-state index in [0.717, 1.165) is 18.5 Å². The summed E-state index contributed by atoms with van der Waals surface area (Å²) in [6, 6.07) is 19.9. The minimum Gasteiger partial charge on any atom is -0.351 e. The third-order valence-corrected chi connectivity index (χ3v) is 4.09. The Labute approximate surface area is 146 Å². The molecule has 0 atom stereocenters. The van der Waals surface area contributed by atoms with E-state index in [1.807, 2.05) is 48.5 Å². The first-order chi connectivity index (χ1) is 11.8. The number of carbonyl (C=O) groups excluding carboxylic acids is 1. The van der Waals surface area contributed by atoms with Gasteiger partial charge in [0.1, 0.15) is 5.69 Å². The number of imidazole rings is 1. The topological polar surface area (TPSA) is 49.8 Å². The second-order valence-electron chi connectivity index (χ2n) is 5.50. The zero-order valence-electron chi connectivity index (χ0n) is 13.2. The summed E-state index contributed by atoms with van der Waals surface area (Å²) >= 11 is 5.30. The molecule has 0 spiro atoms. The van der Waals surface area contributed by atoms with Crippen LogP contribution in [0.25, 0.3) is 5.69 Å². The van der Waals surface area contributed by atoms with Gasteiger partial charge in [0.05, 0.1) is 0 Å². The average Bonchev–Trinajstić information content (AvgIpc) is 3.02. The van der Waals surface area contributed by atoms with E-state index in [0.29, 0.717) is 17.0 Å². The van der Waals surface area contributed by atoms with Crippen LogP contribution in [0.5, 0.6) is 0 Å². The molecule has 2 aromatic carbocycles. The standard InChI is InChI=1S/C19H19N3OS/c23-18(20-13-7-10-15-8-3-1-4-9-15)17-14-21-19(24)22(17)16-11-5-2-6-12-16/h1-6,8-9,11-12,14H,7,10,13H2,(H,20,23)(H,21,24). The fourth-order valence-corrected chi connectivity index (χ4v) is 2.86. The zero-order valence-corrected chi connectivity index (χ0v) is 14.1. The Balaban J connectivity index is 1.63. The molecule has 0 unspecified atom stereocenters. The van der Waals surface area contributed by atoms with Gasteiger partial charge in [-0.1, -0.05) is 48.5 Å². The fourth-order valence-electron chi connectivity index (χ4n) is 2.60. The molecular formula is C19H19N3OS. The Bertz CT molecular complexity index is 853. The number of aromatic nitrogens is 2. The lowest BCUT2D eigenvalue weighted by Gasteiger charge is -2.09. The van der Waals surface area contributed by atoms with E-state index in [9.17, 15) is 4.79 Å². The Hall–Kier alpha value is -2.66. The van der Waals surface area contributed by atoms with E-state index in [-0.39, 0.29) is 5.91 Å². The largest absolute Gasteiger partial charge is 0.351 e. The van der Waals surface area contributed by atoms with Crippen LogP contribution in [0, 0.1) is 4.77 Å². The van der Waals surface area contributed by atoms with Gasteiger partial charge in [0.2, 0.25) is 0 Å². The number of benzene rings is 2. The van der Waals surface area contributed by atoms with Gasteiger partial charge in [0.25, 0.3) is 5.91 Å². The summed E-state index contributed by atoms with van der Waals surface area (Å²) < 4.78 is 2.26. The van der Waals surface area contributed by atoms with Gasteiger partial charge < -0.3 is 10.3 Å². The minimum absolute atomic E-state index is 0.126. The molecule has 3 aromatic rings. The number of rotatable bonds is 6. The number of hydrogen-bond acceptors (Lipinski definition) is 2. The van der Waals surface area contributed by atoms with E-state index in [1.54, 1.807) is 10.8 Å². The Morgan fingerprint density at radius 3 is 2.42 bits per heavy atom. The molecule has 2 N–H and O–H groups in total. The van der Waals surface area contributed by atoms with E-state index >= 15 is 0 Å². The number of amides is 1. The molecule has 0 saturated heterocycles. The van der Waals surface area contributed by atoms with Crippen LogP contribution < -0.4 is 5.32 Å². The van der Waals surface area contributed by atoms with Crippen LogP contribution in [-0.2, 0) is 6.42 Å². The molecule has 1 amide bonds. The second-order valence-corrected chi connectivity index (χ2v) is 5.88. The quantitative estimate of drug-likeness (QED) is 0.529. The number of H-pyrrole nitrogens is 1. The van der Waals surface area contributed by atoms with Crippen LogP contribution in [0.3, 0.4) is 0 Å². The molecule has 0 radical (unpaired) electrons. The van der Waals surface area contributed by atoms with Crippen molar-refractivity contribution in [3.63, 3.8) is 0 Å². The molecule has 0 aliphatic heterocycles. The molecule has 0 bridgehead atoms. The van der Waals surface area contributed by atoms with Gasteiger partial charge in [-0.15, -0.1) is 0 Å². The first-order valence-electron chi connectivity index (χ1n) is 7.93. The Morgan fingerprint density at radius 2 is 1.71 bits per heavy atom. The van der Waals surface area contributed by atoms with Crippen LogP contribution >= 0.6 is 12.2 Å². The fraction of sp³-hybridized carbons (Fsp3) is 0.158. The predicted octanol–water partition coefficient (Wildman–Crippen LogP) is 3.90. The lowest BCUT2D eigenvalue weighted by atomic mass is 10.1. The Morgan fingerprint density at radius 1 is 1.04 bits per heavy atom. The van der Waals surface area contributed by atoms with Crippen molar-refractivity contribution >= 4 is 18.1 Å². The van der Waals surface area contributed by atoms with Gasteiger partial charge >= 0.3 is 0 Å². The summed E-state index contributed by atoms with van der Waals surface area (Å²) in [7, 11) is 0. The maximum atomic E-state index is 12.5. The average molecular weight is 337 g/mol. The normalized spacial score (nSPS) is 10.5. The second kappa shape index (κ2) is 7.75. The lowest BCUT2D eigenvalue weighted by molar-refractivity contribution is 0.0946. The third kappa shape index (κ3) is 3.81. The molecule has 122 valence electrons. The molecule has 0 aliphatic rings. The first kappa shape index (κ1) is 16.2. The van der Waals surface area contributed by atoms with E-state index in [4.69, 9.17) is 12.2 Å². The van der Waals surface area contributed by atoms with Gasteiger partial charge in [0.15, 0.2) is 4.77 Å². The molecule has 1 heterocycles. The molecule has 0 saturated carbocycles. The van der Waals surface area contributed by atoms with Crippen LogP contribution in [0.4, 0.5) is 0 Å². The molecule has 1 aromatic heterocycles. The van der Waals surface area contributed by atoms with Gasteiger partial charge in [-0.05, 0) is 42.8 Å². The lowest BCUT2D eigenvalue weighted by Crippen LogP contribution is -2.26. The Kier molecular flexibility index (Phi) is 5.23. The molecular weight excluding hydrogens is 318 g/mol. The molecule has 0 fully saturated rings. The van der Waals surface area contributed by atoms with E-state index in [1.165, 1.54) is 5.56 Å². The van der Waals surface area contributed by atoms with Crippen LogP contribution in [0.15, 0.2) is 66.9 Å². The van der Waals surface area contributed by atoms with Crippen molar-refractivity contribution < 1.29 is 4.79 Å². The van der Waals surface area contributed by atoms with Crippen molar-refractivity contribution in [2.75, 3.05) is 6.54 Å². The third-order valence-electron chi connectivity index (χ3n) is 3.79. The molecule has 24 heavy (non-hydrogen) atoms. The number of nitrogens with zero attached hydrogens (tertiary/aromatic N) is 1. The number of carbonyl (C=O) groups is 1. The van der Waals surface area contributed by atoms with Gasteiger partial charge in [0, 0.05) is 18.4 Å². The summed E-state index contributed by atoms with van der Waals surface area (Å²) in [6.45, 7) is 0.625. The zero-order chi connectivity index (χ0) is 16.8. The summed E-state index contributed by atoms with van der Waals surface area (Å²) in [4.78, 5) is 15.4. The van der Waals surface area contributed by atoms with Crippen LogP contribution in [0.2, 0.25) is 0 Å². The van der Waals surface area contributed by atoms with E-state index in [2.05, 4.69) is 22.4 Å². The smallest absolute Gasteiger partial charge is 0.269 e. The highest BCUT2D eigenvalue weighted by Gasteiger charge is 2.13. The maximum absolute atomic E-state index is 12.5. The van der Waals surface area contributed by atoms with Gasteiger partial charge in [-0.3, -0.25) is 9.36 Å². The van der Waals surface area contributed by atoms with Crippen LogP contribution in [-0.4, -0.2) is 22.0 Å². The number of nitrogens with one attached hydrogen (secondary N) is 2. The minimum atomic E-state index is -0.126. The van der Waals surface area contributed by atoms with Crippen LogP contribution in [0.1, 0.15) is 22.5 Å². The number of hydrogen-bond donors (Lipinski definition) is 2. The van der Waals surface area contributed by atoms with Crippen molar-refractivity contribution in [2.45, 2.75) is 12.8 Å². The van der Waals surface area contributed by atoms with Crippen molar-refractivity contribution in [3.05, 3.63) is 82.9 Å². The summed E-state index contributed by atoms with van der Waals surface area (Å²) in [6.07, 6.45) is 3.49. The predicted molar refractivity (Wildman–Crippen MR) is 98.0 cm³/mol. The van der Waals surface area contributed by atoms with Crippen molar-refractivity contribution in [1.29, 1.82) is 0 Å². The first-order valence-corrected chi connectivity index (χ1v) is 8.34. The molecule has 3 rings (SSSR count). The summed E-state index contributed by atoms with van der Waals surface area (Å²) in [5.74, 6) is -0.126. The maximum Gasteiger partial charge on any atom is 0.269 e. The number of aryl methyl sites for hydroxylation is 1. The highest BCUT2D eigenvalue weighted by Crippen LogP contribution is 2.12. The molecule has 0 aliphatic carbocycles. The van der Waals surface area contributed by atoms with Gasteiger partial charge in [-0.2, -0.15) is 0 Å². The molecule has 4 nitrogen and oxygen atoms in total. The highest BCUT2D eigenvalue weighted by molar-refractivity contribution is 7.71. The van der Waals surface area contributed by atoms with Gasteiger partial charge in [-0.25, -0.2) is 0 Å². The summed E-state index contributed by atoms with van der Waals surface area (Å²) in [5.41, 5.74) is 2.67. The van der Waals surface area contributed by atoms with Crippen molar-refractivity contribution in [3.8, 4) is 5.69 Å². The number of para-hydroxylation sites is 1. The highest BCUT2D eigenvalue weighted by atomic mass is 32.1.